The number of hydrogen-bond donors (Lipinski definition) is 2. The van der Waals surface area contributed by atoms with Crippen molar-refractivity contribution in [2.75, 3.05) is 0 Å². The van der Waals surface area contributed by atoms with E-state index in [2.05, 4.69) is 17.6 Å². The third-order valence-electron chi connectivity index (χ3n) is 2.23. The Hall–Kier alpha value is -1.06. The van der Waals surface area contributed by atoms with Gasteiger partial charge < -0.3 is 10.6 Å². The number of hydrogen-bond acceptors (Lipinski definition) is 2. The Morgan fingerprint density at radius 2 is 1.92 bits per heavy atom. The highest BCUT2D eigenvalue weighted by atomic mass is 16.2. The Bertz CT molecular complexity index is 216. The Labute approximate surface area is 78.1 Å². The molecule has 0 aromatic heterocycles. The van der Waals surface area contributed by atoms with Crippen molar-refractivity contribution >= 4 is 11.8 Å². The highest BCUT2D eigenvalue weighted by molar-refractivity contribution is 5.96. The summed E-state index contributed by atoms with van der Waals surface area (Å²) >= 11 is 0. The molecule has 0 aliphatic carbocycles. The van der Waals surface area contributed by atoms with Gasteiger partial charge in [0.05, 0.1) is 0 Å². The lowest BCUT2D eigenvalue weighted by Gasteiger charge is -2.27. The molecule has 2 atom stereocenters. The summed E-state index contributed by atoms with van der Waals surface area (Å²) in [6, 6.07) is -0.700. The predicted octanol–water partition coefficient (Wildman–Crippen LogP) is 0.180. The molecule has 0 saturated carbocycles. The molecule has 4 heteroatoms. The molecule has 1 aliphatic rings. The predicted molar refractivity (Wildman–Crippen MR) is 49.1 cm³/mol. The standard InChI is InChI=1S/C9H16N2O2/c1-3-4-5-7-9(13)10-6(2)8(12)11-7/h6-7H,3-5H2,1-2H3,(H,10,13)(H,11,12). The zero-order valence-electron chi connectivity index (χ0n) is 8.09. The van der Waals surface area contributed by atoms with E-state index in [0.717, 1.165) is 19.3 Å². The minimum atomic E-state index is -0.384. The molecule has 4 nitrogen and oxygen atoms in total. The van der Waals surface area contributed by atoms with Crippen LogP contribution in [0.3, 0.4) is 0 Å². The molecule has 1 aliphatic heterocycles. The lowest BCUT2D eigenvalue weighted by Crippen LogP contribution is -2.60. The molecule has 1 fully saturated rings. The van der Waals surface area contributed by atoms with E-state index >= 15 is 0 Å². The molecular formula is C9H16N2O2. The second-order valence-electron chi connectivity index (χ2n) is 3.43. The third kappa shape index (κ3) is 2.44. The summed E-state index contributed by atoms with van der Waals surface area (Å²) < 4.78 is 0. The highest BCUT2D eigenvalue weighted by Gasteiger charge is 2.29. The molecule has 2 amide bonds. The maximum Gasteiger partial charge on any atom is 0.243 e. The van der Waals surface area contributed by atoms with Crippen LogP contribution in [0.2, 0.25) is 0 Å². The van der Waals surface area contributed by atoms with Crippen molar-refractivity contribution in [1.82, 2.24) is 10.6 Å². The summed E-state index contributed by atoms with van der Waals surface area (Å²) in [6.07, 6.45) is 2.74. The zero-order valence-corrected chi connectivity index (χ0v) is 8.09. The Kier molecular flexibility index (Phi) is 3.28. The summed E-state index contributed by atoms with van der Waals surface area (Å²) in [5, 5.41) is 5.34. The molecule has 2 unspecified atom stereocenters. The minimum Gasteiger partial charge on any atom is -0.343 e. The van der Waals surface area contributed by atoms with E-state index in [1.807, 2.05) is 0 Å². The average molecular weight is 184 g/mol. The van der Waals surface area contributed by atoms with Crippen molar-refractivity contribution in [2.45, 2.75) is 45.2 Å². The average Bonchev–Trinajstić information content (AvgIpc) is 2.09. The van der Waals surface area contributed by atoms with Crippen molar-refractivity contribution < 1.29 is 9.59 Å². The number of piperazine rings is 1. The van der Waals surface area contributed by atoms with E-state index in [-0.39, 0.29) is 23.9 Å². The van der Waals surface area contributed by atoms with Gasteiger partial charge in [-0.15, -0.1) is 0 Å². The molecule has 1 rings (SSSR count). The van der Waals surface area contributed by atoms with Crippen LogP contribution < -0.4 is 10.6 Å². The topological polar surface area (TPSA) is 58.2 Å². The fraction of sp³-hybridized carbons (Fsp3) is 0.778. The highest BCUT2D eigenvalue weighted by Crippen LogP contribution is 2.05. The molecule has 0 bridgehead atoms. The van der Waals surface area contributed by atoms with Gasteiger partial charge in [-0.05, 0) is 13.3 Å². The monoisotopic (exact) mass is 184 g/mol. The molecule has 74 valence electrons. The van der Waals surface area contributed by atoms with Crippen molar-refractivity contribution in [3.05, 3.63) is 0 Å². The van der Waals surface area contributed by atoms with Gasteiger partial charge in [0.1, 0.15) is 12.1 Å². The number of carbonyl (C=O) groups excluding carboxylic acids is 2. The van der Waals surface area contributed by atoms with E-state index in [0.29, 0.717) is 0 Å². The number of rotatable bonds is 3. The van der Waals surface area contributed by atoms with Crippen LogP contribution in [-0.4, -0.2) is 23.9 Å². The molecule has 0 spiro atoms. The van der Waals surface area contributed by atoms with Gasteiger partial charge >= 0.3 is 0 Å². The van der Waals surface area contributed by atoms with Gasteiger partial charge in [0.15, 0.2) is 0 Å². The van der Waals surface area contributed by atoms with Gasteiger partial charge in [0.2, 0.25) is 11.8 Å². The largest absolute Gasteiger partial charge is 0.343 e. The zero-order chi connectivity index (χ0) is 9.84. The Balaban J connectivity index is 2.46. The molecule has 0 radical (unpaired) electrons. The van der Waals surface area contributed by atoms with Gasteiger partial charge in [-0.25, -0.2) is 0 Å². The third-order valence-corrected chi connectivity index (χ3v) is 2.23. The number of unbranched alkanes of at least 4 members (excludes halogenated alkanes) is 1. The van der Waals surface area contributed by atoms with Gasteiger partial charge in [-0.3, -0.25) is 9.59 Å². The van der Waals surface area contributed by atoms with E-state index in [9.17, 15) is 9.59 Å². The molecule has 13 heavy (non-hydrogen) atoms. The van der Waals surface area contributed by atoms with E-state index in [1.54, 1.807) is 6.92 Å². The quantitative estimate of drug-likeness (QED) is 0.657. The van der Waals surface area contributed by atoms with E-state index < -0.39 is 0 Å². The summed E-state index contributed by atoms with van der Waals surface area (Å²) in [4.78, 5) is 22.5. The van der Waals surface area contributed by atoms with Gasteiger partial charge in [0.25, 0.3) is 0 Å². The van der Waals surface area contributed by atoms with Crippen LogP contribution in [0.15, 0.2) is 0 Å². The fourth-order valence-electron chi connectivity index (χ4n) is 1.35. The Morgan fingerprint density at radius 1 is 1.23 bits per heavy atom. The number of nitrogens with one attached hydrogen (secondary N) is 2. The normalized spacial score (nSPS) is 28.2. The minimum absolute atomic E-state index is 0.0550. The molecule has 0 aromatic rings. The second kappa shape index (κ2) is 4.25. The summed E-state index contributed by atoms with van der Waals surface area (Å²) in [7, 11) is 0. The van der Waals surface area contributed by atoms with Crippen LogP contribution in [0.1, 0.15) is 33.1 Å². The fourth-order valence-corrected chi connectivity index (χ4v) is 1.35. The molecule has 1 saturated heterocycles. The smallest absolute Gasteiger partial charge is 0.243 e. The van der Waals surface area contributed by atoms with Crippen LogP contribution in [0.25, 0.3) is 0 Å². The van der Waals surface area contributed by atoms with Crippen molar-refractivity contribution in [3.63, 3.8) is 0 Å². The van der Waals surface area contributed by atoms with Crippen LogP contribution in [-0.2, 0) is 9.59 Å². The molecular weight excluding hydrogens is 168 g/mol. The first-order valence-corrected chi connectivity index (χ1v) is 4.76. The van der Waals surface area contributed by atoms with Crippen molar-refractivity contribution in [2.24, 2.45) is 0 Å². The van der Waals surface area contributed by atoms with Crippen molar-refractivity contribution in [1.29, 1.82) is 0 Å². The first kappa shape index (κ1) is 10.0. The number of amides is 2. The van der Waals surface area contributed by atoms with Crippen LogP contribution >= 0.6 is 0 Å². The van der Waals surface area contributed by atoms with E-state index in [4.69, 9.17) is 0 Å². The first-order chi connectivity index (χ1) is 6.15. The van der Waals surface area contributed by atoms with Gasteiger partial charge in [0, 0.05) is 0 Å². The summed E-state index contributed by atoms with van der Waals surface area (Å²) in [5.41, 5.74) is 0. The van der Waals surface area contributed by atoms with Gasteiger partial charge in [-0.2, -0.15) is 0 Å². The second-order valence-corrected chi connectivity index (χ2v) is 3.43. The lowest BCUT2D eigenvalue weighted by atomic mass is 10.1. The lowest BCUT2D eigenvalue weighted by molar-refractivity contribution is -0.136. The SMILES string of the molecule is CCCCC1NC(=O)C(C)NC1=O. The summed E-state index contributed by atoms with van der Waals surface area (Å²) in [5.74, 6) is -0.138. The summed E-state index contributed by atoms with van der Waals surface area (Å²) in [6.45, 7) is 3.74. The molecule has 0 aromatic carbocycles. The van der Waals surface area contributed by atoms with Crippen LogP contribution in [0.4, 0.5) is 0 Å². The number of carbonyl (C=O) groups is 2. The van der Waals surface area contributed by atoms with Crippen LogP contribution in [0, 0.1) is 0 Å². The molecule has 1 heterocycles. The maximum atomic E-state index is 11.3. The maximum absolute atomic E-state index is 11.3. The van der Waals surface area contributed by atoms with Crippen LogP contribution in [0.5, 0.6) is 0 Å². The first-order valence-electron chi connectivity index (χ1n) is 4.76. The van der Waals surface area contributed by atoms with Gasteiger partial charge in [-0.1, -0.05) is 19.8 Å². The molecule has 2 N–H and O–H groups in total. The van der Waals surface area contributed by atoms with E-state index in [1.165, 1.54) is 0 Å². The van der Waals surface area contributed by atoms with Crippen molar-refractivity contribution in [3.8, 4) is 0 Å². The Morgan fingerprint density at radius 3 is 2.54 bits per heavy atom.